The van der Waals surface area contributed by atoms with E-state index in [0.29, 0.717) is 0 Å². The van der Waals surface area contributed by atoms with Crippen molar-refractivity contribution in [1.82, 2.24) is 4.90 Å². The molecule has 4 nitrogen and oxygen atoms in total. The normalized spacial score (nSPS) is 14.4. The molecular weight excluding hydrogens is 226 g/mol. The number of anilines is 1. The van der Waals surface area contributed by atoms with E-state index >= 15 is 0 Å². The molecule has 1 fully saturated rings. The number of nitrogens with one attached hydrogen (secondary N) is 1. The monoisotopic (exact) mass is 241 g/mol. The first-order chi connectivity index (χ1) is 7.25. The summed E-state index contributed by atoms with van der Waals surface area (Å²) >= 11 is 0. The van der Waals surface area contributed by atoms with Crippen LogP contribution in [0.3, 0.4) is 0 Å². The first-order valence-electron chi connectivity index (χ1n) is 5.24. The molecule has 88 valence electrons. The van der Waals surface area contributed by atoms with Gasteiger partial charge in [0.1, 0.15) is 5.69 Å². The van der Waals surface area contributed by atoms with Crippen LogP contribution < -0.4 is 23.5 Å². The van der Waals surface area contributed by atoms with Crippen molar-refractivity contribution in [3.05, 3.63) is 24.3 Å². The van der Waals surface area contributed by atoms with Crippen molar-refractivity contribution in [3.8, 4) is 0 Å². The van der Waals surface area contributed by atoms with Gasteiger partial charge in [0.25, 0.3) is 0 Å². The fourth-order valence-corrected chi connectivity index (χ4v) is 1.71. The lowest BCUT2D eigenvalue weighted by molar-refractivity contribution is -0.254. The molecule has 0 unspecified atom stereocenters. The van der Waals surface area contributed by atoms with Gasteiger partial charge in [-0.25, -0.2) is 4.79 Å². The molecule has 1 aromatic carbocycles. The van der Waals surface area contributed by atoms with Crippen LogP contribution in [-0.4, -0.2) is 24.0 Å². The highest BCUT2D eigenvalue weighted by Gasteiger charge is 2.17. The fourth-order valence-electron chi connectivity index (χ4n) is 1.71. The second-order valence-corrected chi connectivity index (χ2v) is 3.82. The number of carbonyl (C=O) groups excluding carboxylic acids is 1. The zero-order valence-corrected chi connectivity index (χ0v) is 9.83. The highest BCUT2D eigenvalue weighted by Crippen LogP contribution is 2.13. The van der Waals surface area contributed by atoms with Crippen molar-refractivity contribution in [1.29, 1.82) is 0 Å². The van der Waals surface area contributed by atoms with Gasteiger partial charge in [0, 0.05) is 30.9 Å². The van der Waals surface area contributed by atoms with Crippen LogP contribution in [-0.2, 0) is 0 Å². The van der Waals surface area contributed by atoms with Gasteiger partial charge < -0.3 is 28.4 Å². The number of amides is 2. The standard InChI is InChI=1S/C11H15N3O.ClH/c12-9-3-5-10(6-4-9)13-11(15)14-7-1-2-8-14;/h3-6H,1-2,7-8,12H2,(H,13,15);1H. The average Bonchev–Trinajstić information content (AvgIpc) is 2.74. The largest absolute Gasteiger partial charge is 1.00 e. The van der Waals surface area contributed by atoms with Gasteiger partial charge in [-0.15, -0.1) is 0 Å². The minimum Gasteiger partial charge on any atom is -1.00 e. The lowest BCUT2D eigenvalue weighted by Crippen LogP contribution is -3.00. The molecule has 5 heteroatoms. The number of hydrogen-bond acceptors (Lipinski definition) is 1. The zero-order valence-electron chi connectivity index (χ0n) is 9.08. The van der Waals surface area contributed by atoms with Crippen LogP contribution in [0.1, 0.15) is 12.8 Å². The van der Waals surface area contributed by atoms with Crippen LogP contribution in [0.4, 0.5) is 16.2 Å². The Hall–Kier alpha value is -1.26. The maximum atomic E-state index is 11.7. The molecule has 0 saturated carbocycles. The lowest BCUT2D eigenvalue weighted by Gasteiger charge is -2.15. The van der Waals surface area contributed by atoms with Crippen molar-refractivity contribution in [2.24, 2.45) is 0 Å². The summed E-state index contributed by atoms with van der Waals surface area (Å²) in [6.07, 6.45) is 2.23. The number of urea groups is 1. The van der Waals surface area contributed by atoms with E-state index in [1.165, 1.54) is 0 Å². The molecule has 16 heavy (non-hydrogen) atoms. The molecule has 1 aliphatic heterocycles. The summed E-state index contributed by atoms with van der Waals surface area (Å²) in [4.78, 5) is 13.5. The van der Waals surface area contributed by atoms with Gasteiger partial charge in [-0.3, -0.25) is 0 Å². The van der Waals surface area contributed by atoms with Crippen molar-refractivity contribution < 1.29 is 22.9 Å². The number of likely N-dealkylation sites (tertiary alicyclic amines) is 1. The van der Waals surface area contributed by atoms with E-state index in [0.717, 1.165) is 37.3 Å². The quantitative estimate of drug-likeness (QED) is 0.599. The topological polar surface area (TPSA) is 60.0 Å². The third kappa shape index (κ3) is 3.12. The first-order valence-corrected chi connectivity index (χ1v) is 5.24. The third-order valence-corrected chi connectivity index (χ3v) is 2.60. The summed E-state index contributed by atoms with van der Waals surface area (Å²) in [5, 5.41) is 2.87. The van der Waals surface area contributed by atoms with Gasteiger partial charge in [-0.2, -0.15) is 0 Å². The Kier molecular flexibility index (Phi) is 4.58. The Morgan fingerprint density at radius 3 is 2.31 bits per heavy atom. The number of hydrogen-bond donors (Lipinski definition) is 2. The Bertz CT molecular complexity index is 347. The number of benzene rings is 1. The van der Waals surface area contributed by atoms with Gasteiger partial charge in [-0.05, 0) is 25.0 Å². The van der Waals surface area contributed by atoms with E-state index in [-0.39, 0.29) is 18.4 Å². The summed E-state index contributed by atoms with van der Waals surface area (Å²) in [5.74, 6) is 0. The number of rotatable bonds is 1. The predicted molar refractivity (Wildman–Crippen MR) is 58.8 cm³/mol. The summed E-state index contributed by atoms with van der Waals surface area (Å²) < 4.78 is 0. The predicted octanol–water partition coefficient (Wildman–Crippen LogP) is -1.81. The van der Waals surface area contributed by atoms with Gasteiger partial charge in [0.05, 0.1) is 0 Å². The van der Waals surface area contributed by atoms with Crippen molar-refractivity contribution in [2.75, 3.05) is 18.4 Å². The Morgan fingerprint density at radius 1 is 1.19 bits per heavy atom. The number of halogens is 1. The molecule has 0 spiro atoms. The first kappa shape index (κ1) is 12.8. The van der Waals surface area contributed by atoms with E-state index in [9.17, 15) is 4.79 Å². The van der Waals surface area contributed by atoms with E-state index < -0.39 is 0 Å². The number of nitrogens with zero attached hydrogens (tertiary/aromatic N) is 1. The summed E-state index contributed by atoms with van der Waals surface area (Å²) in [7, 11) is 0. The van der Waals surface area contributed by atoms with E-state index in [4.69, 9.17) is 0 Å². The van der Waals surface area contributed by atoms with Crippen LogP contribution in [0.25, 0.3) is 0 Å². The molecule has 0 aromatic heterocycles. The second-order valence-electron chi connectivity index (χ2n) is 3.82. The van der Waals surface area contributed by atoms with Gasteiger partial charge in [0.2, 0.25) is 0 Å². The molecule has 4 N–H and O–H groups in total. The summed E-state index contributed by atoms with van der Waals surface area (Å²) in [6, 6.07) is 7.52. The smallest absolute Gasteiger partial charge is 0.321 e. The molecule has 0 bridgehead atoms. The Labute approximate surface area is 101 Å². The summed E-state index contributed by atoms with van der Waals surface area (Å²) in [5.41, 5.74) is 5.58. The van der Waals surface area contributed by atoms with Crippen molar-refractivity contribution >= 4 is 17.4 Å². The Morgan fingerprint density at radius 2 is 1.75 bits per heavy atom. The van der Waals surface area contributed by atoms with E-state index in [1.54, 1.807) is 0 Å². The molecule has 1 heterocycles. The molecule has 0 radical (unpaired) electrons. The highest BCUT2D eigenvalue weighted by atomic mass is 35.5. The maximum Gasteiger partial charge on any atom is 0.321 e. The maximum absolute atomic E-state index is 11.7. The minimum atomic E-state index is 0. The van der Waals surface area contributed by atoms with Crippen LogP contribution in [0.2, 0.25) is 0 Å². The molecule has 2 rings (SSSR count). The molecule has 0 atom stereocenters. The average molecular weight is 242 g/mol. The number of quaternary nitrogens is 1. The van der Waals surface area contributed by atoms with Crippen LogP contribution >= 0.6 is 0 Å². The number of carbonyl (C=O) groups is 1. The zero-order chi connectivity index (χ0) is 10.7. The SMILES string of the molecule is [Cl-].[NH3+]c1ccc(NC(=O)N2CCCC2)cc1. The van der Waals surface area contributed by atoms with Crippen molar-refractivity contribution in [2.45, 2.75) is 12.8 Å². The highest BCUT2D eigenvalue weighted by molar-refractivity contribution is 5.89. The van der Waals surface area contributed by atoms with E-state index in [1.807, 2.05) is 29.2 Å². The van der Waals surface area contributed by atoms with Crippen LogP contribution in [0.15, 0.2) is 24.3 Å². The molecular formula is C11H16ClN3O. The van der Waals surface area contributed by atoms with Crippen LogP contribution in [0, 0.1) is 0 Å². The van der Waals surface area contributed by atoms with Crippen LogP contribution in [0.5, 0.6) is 0 Å². The van der Waals surface area contributed by atoms with Gasteiger partial charge >= 0.3 is 6.03 Å². The molecule has 0 aliphatic carbocycles. The molecule has 1 saturated heterocycles. The molecule has 2 amide bonds. The molecule has 1 aromatic rings. The minimum absolute atomic E-state index is 0. The van der Waals surface area contributed by atoms with E-state index in [2.05, 4.69) is 11.1 Å². The lowest BCUT2D eigenvalue weighted by atomic mass is 10.3. The Balaban J connectivity index is 0.00000128. The third-order valence-electron chi connectivity index (χ3n) is 2.60. The fraction of sp³-hybridized carbons (Fsp3) is 0.364. The second kappa shape index (κ2) is 5.72. The molecule has 1 aliphatic rings. The van der Waals surface area contributed by atoms with Gasteiger partial charge in [-0.1, -0.05) is 0 Å². The summed E-state index contributed by atoms with van der Waals surface area (Å²) in [6.45, 7) is 1.75. The van der Waals surface area contributed by atoms with Gasteiger partial charge in [0.15, 0.2) is 0 Å². The van der Waals surface area contributed by atoms with Crippen molar-refractivity contribution in [3.63, 3.8) is 0 Å².